The monoisotopic (exact) mass is 726 g/mol. The number of azo groups is 1. The van der Waals surface area contributed by atoms with Crippen molar-refractivity contribution in [3.05, 3.63) is 64.9 Å². The molecular formula is C31H31BrN6O10. The van der Waals surface area contributed by atoms with Gasteiger partial charge in [-0.2, -0.15) is 5.11 Å². The van der Waals surface area contributed by atoms with Crippen molar-refractivity contribution in [1.29, 1.82) is 0 Å². The van der Waals surface area contributed by atoms with Crippen molar-refractivity contribution < 1.29 is 48.1 Å². The molecule has 0 spiro atoms. The van der Waals surface area contributed by atoms with Crippen LogP contribution < -0.4 is 4.84 Å². The first-order valence-corrected chi connectivity index (χ1v) is 15.4. The van der Waals surface area contributed by atoms with E-state index >= 15 is 0 Å². The van der Waals surface area contributed by atoms with Crippen molar-refractivity contribution in [2.45, 2.75) is 71.4 Å². The largest absolute Gasteiger partial charge is 0.493 e. The molecule has 2 aromatic carbocycles. The van der Waals surface area contributed by atoms with Crippen LogP contribution in [0.4, 0.5) is 11.4 Å². The number of nitrogens with zero attached hydrogens (tertiary/aromatic N) is 6. The smallest absolute Gasteiger partial charge is 0.303 e. The lowest BCUT2D eigenvalue weighted by Crippen LogP contribution is -2.63. The van der Waals surface area contributed by atoms with Gasteiger partial charge in [0, 0.05) is 37.1 Å². The summed E-state index contributed by atoms with van der Waals surface area (Å²) in [5, 5.41) is 28.6. The minimum Gasteiger partial charge on any atom is -0.493 e. The molecule has 4 aromatic rings. The molecule has 0 bridgehead atoms. The molecule has 2 aromatic heterocycles. The number of ether oxygens (including phenoxy) is 4. The fourth-order valence-electron chi connectivity index (χ4n) is 5.21. The Morgan fingerprint density at radius 1 is 0.896 bits per heavy atom. The van der Waals surface area contributed by atoms with Crippen LogP contribution in [0.15, 0.2) is 69.4 Å². The molecule has 0 unspecified atom stereocenters. The van der Waals surface area contributed by atoms with Crippen molar-refractivity contribution in [3.8, 4) is 5.88 Å². The van der Waals surface area contributed by atoms with Crippen LogP contribution in [-0.2, 0) is 44.7 Å². The van der Waals surface area contributed by atoms with Gasteiger partial charge in [-0.05, 0) is 42.5 Å². The van der Waals surface area contributed by atoms with Crippen LogP contribution in [-0.4, -0.2) is 79.2 Å². The molecular weight excluding hydrogens is 696 g/mol. The molecule has 1 aliphatic rings. The highest BCUT2D eigenvalue weighted by atomic mass is 79.9. The number of Topliss-reactive ketones (excluding diaryl/α,β-unsaturated/α-hetero) is 1. The van der Waals surface area contributed by atoms with E-state index in [9.17, 15) is 24.3 Å². The lowest BCUT2D eigenvalue weighted by molar-refractivity contribution is -0.305. The van der Waals surface area contributed by atoms with Crippen molar-refractivity contribution in [2.24, 2.45) is 10.2 Å². The van der Waals surface area contributed by atoms with E-state index in [0.717, 1.165) is 30.1 Å². The summed E-state index contributed by atoms with van der Waals surface area (Å²) in [7, 11) is 0. The third-order valence-electron chi connectivity index (χ3n) is 7.05. The number of aromatic hydroxyl groups is 1. The molecule has 1 aliphatic heterocycles. The molecule has 3 heterocycles. The van der Waals surface area contributed by atoms with Crippen LogP contribution in [0.2, 0.25) is 0 Å². The standard InChI is InChI=1S/C31H31BrN6O10/c1-16(39)13-25-27(44-17(2)40)28(45-18(3)41)29(46-19(4)42)31(47-25)48-38-15-22(34-36-38)14-37-24-8-6-5-7-23(24)26(30(37)43)35-33-21-11-9-20(32)10-12-21/h5-12,15,25,27-29,31,43H,13-14H2,1-4H3/t25-,27+,28+,29-,31+/m1/s1. The predicted molar refractivity (Wildman–Crippen MR) is 168 cm³/mol. The number of hydrogen-bond donors (Lipinski definition) is 1. The number of halogens is 1. The molecule has 0 amide bonds. The summed E-state index contributed by atoms with van der Waals surface area (Å²) in [6.45, 7) is 4.72. The number of aromatic nitrogens is 4. The number of esters is 3. The van der Waals surface area contributed by atoms with Crippen LogP contribution in [0.25, 0.3) is 10.9 Å². The predicted octanol–water partition coefficient (Wildman–Crippen LogP) is 4.09. The van der Waals surface area contributed by atoms with Gasteiger partial charge in [-0.1, -0.05) is 39.0 Å². The van der Waals surface area contributed by atoms with Crippen molar-refractivity contribution in [1.82, 2.24) is 19.7 Å². The fraction of sp³-hybridized carbons (Fsp3) is 0.355. The molecule has 0 saturated carbocycles. The number of hydrogen-bond acceptors (Lipinski definition) is 14. The Kier molecular flexibility index (Phi) is 10.5. The van der Waals surface area contributed by atoms with Gasteiger partial charge in [-0.25, -0.2) is 0 Å². The normalized spacial score (nSPS) is 20.8. The topological polar surface area (TPSA) is 195 Å². The van der Waals surface area contributed by atoms with Crippen molar-refractivity contribution in [3.63, 3.8) is 0 Å². The lowest BCUT2D eigenvalue weighted by atomic mass is 9.95. The summed E-state index contributed by atoms with van der Waals surface area (Å²) in [6.07, 6.45) is -5.61. The minimum atomic E-state index is -1.49. The molecule has 1 fully saturated rings. The highest BCUT2D eigenvalue weighted by molar-refractivity contribution is 9.10. The quantitative estimate of drug-likeness (QED) is 0.132. The van der Waals surface area contributed by atoms with E-state index in [-0.39, 0.29) is 30.3 Å². The number of ketones is 1. The maximum Gasteiger partial charge on any atom is 0.303 e. The first kappa shape index (κ1) is 34.2. The van der Waals surface area contributed by atoms with Gasteiger partial charge in [0.25, 0.3) is 6.29 Å². The molecule has 5 atom stereocenters. The molecule has 1 saturated heterocycles. The molecule has 48 heavy (non-hydrogen) atoms. The van der Waals surface area contributed by atoms with E-state index in [0.29, 0.717) is 22.3 Å². The van der Waals surface area contributed by atoms with Gasteiger partial charge in [0.15, 0.2) is 17.9 Å². The van der Waals surface area contributed by atoms with Crippen LogP contribution in [0.5, 0.6) is 5.88 Å². The van der Waals surface area contributed by atoms with Gasteiger partial charge in [0.1, 0.15) is 17.6 Å². The summed E-state index contributed by atoms with van der Waals surface area (Å²) >= 11 is 3.38. The van der Waals surface area contributed by atoms with Crippen LogP contribution in [0.3, 0.4) is 0 Å². The number of carbonyl (C=O) groups is 4. The molecule has 5 rings (SSSR count). The molecule has 16 nitrogen and oxygen atoms in total. The first-order valence-electron chi connectivity index (χ1n) is 14.6. The third-order valence-corrected chi connectivity index (χ3v) is 7.58. The van der Waals surface area contributed by atoms with E-state index in [1.54, 1.807) is 28.8 Å². The second-order valence-corrected chi connectivity index (χ2v) is 11.8. The molecule has 0 aliphatic carbocycles. The Balaban J connectivity index is 1.42. The summed E-state index contributed by atoms with van der Waals surface area (Å²) in [6, 6.07) is 14.4. The van der Waals surface area contributed by atoms with Gasteiger partial charge < -0.3 is 33.5 Å². The molecule has 17 heteroatoms. The Bertz CT molecular complexity index is 1860. The maximum absolute atomic E-state index is 12.1. The number of carbonyl (C=O) groups excluding carboxylic acids is 4. The Labute approximate surface area is 281 Å². The van der Waals surface area contributed by atoms with Gasteiger partial charge in [-0.3, -0.25) is 19.2 Å². The van der Waals surface area contributed by atoms with E-state index in [2.05, 4.69) is 36.5 Å². The number of benzene rings is 2. The van der Waals surface area contributed by atoms with Crippen LogP contribution >= 0.6 is 15.9 Å². The first-order chi connectivity index (χ1) is 22.9. The Morgan fingerprint density at radius 3 is 2.21 bits per heavy atom. The summed E-state index contributed by atoms with van der Waals surface area (Å²) in [5.41, 5.74) is 1.82. The zero-order chi connectivity index (χ0) is 34.5. The average Bonchev–Trinajstić information content (AvgIpc) is 3.57. The highest BCUT2D eigenvalue weighted by Gasteiger charge is 2.53. The second-order valence-electron chi connectivity index (χ2n) is 10.8. The zero-order valence-corrected chi connectivity index (χ0v) is 27.8. The lowest BCUT2D eigenvalue weighted by Gasteiger charge is -2.43. The zero-order valence-electron chi connectivity index (χ0n) is 26.2. The molecule has 252 valence electrons. The second kappa shape index (κ2) is 14.7. The van der Waals surface area contributed by atoms with Crippen molar-refractivity contribution >= 4 is 61.9 Å². The van der Waals surface area contributed by atoms with E-state index in [1.807, 2.05) is 24.3 Å². The van der Waals surface area contributed by atoms with Crippen molar-refractivity contribution in [2.75, 3.05) is 0 Å². The summed E-state index contributed by atoms with van der Waals surface area (Å²) in [5.74, 6) is -2.76. The number of rotatable bonds is 11. The maximum atomic E-state index is 12.1. The fourth-order valence-corrected chi connectivity index (χ4v) is 5.47. The summed E-state index contributed by atoms with van der Waals surface area (Å²) < 4.78 is 24.7. The Hall–Kier alpha value is -5.16. The van der Waals surface area contributed by atoms with E-state index < -0.39 is 48.6 Å². The van der Waals surface area contributed by atoms with Gasteiger partial charge in [-0.15, -0.1) is 10.2 Å². The van der Waals surface area contributed by atoms with E-state index in [1.165, 1.54) is 13.1 Å². The summed E-state index contributed by atoms with van der Waals surface area (Å²) in [4.78, 5) is 55.1. The third kappa shape index (κ3) is 8.03. The average molecular weight is 728 g/mol. The van der Waals surface area contributed by atoms with Gasteiger partial charge >= 0.3 is 17.9 Å². The Morgan fingerprint density at radius 2 is 1.54 bits per heavy atom. The molecule has 1 N–H and O–H groups in total. The van der Waals surface area contributed by atoms with E-state index in [4.69, 9.17) is 23.8 Å². The minimum absolute atomic E-state index is 0.0277. The highest BCUT2D eigenvalue weighted by Crippen LogP contribution is 2.40. The number of fused-ring (bicyclic) bond motifs is 1. The van der Waals surface area contributed by atoms with Crippen LogP contribution in [0, 0.1) is 0 Å². The number of para-hydroxylation sites is 1. The van der Waals surface area contributed by atoms with Gasteiger partial charge in [0.05, 0.1) is 23.9 Å². The van der Waals surface area contributed by atoms with Crippen LogP contribution in [0.1, 0.15) is 39.8 Å². The van der Waals surface area contributed by atoms with Gasteiger partial charge in [0.2, 0.25) is 12.0 Å². The SMILES string of the molecule is CC(=O)C[C@H]1O[C@@H](On2cc(Cn3c(O)c(N=Nc4ccc(Br)cc4)c4ccccc43)nn2)[C@H](OC(C)=O)[C@@H](OC(C)=O)[C@H]1OC(C)=O. The molecule has 0 radical (unpaired) electrons.